The van der Waals surface area contributed by atoms with Crippen molar-refractivity contribution in [2.75, 3.05) is 5.75 Å². The van der Waals surface area contributed by atoms with Crippen LogP contribution in [0.5, 0.6) is 0 Å². The highest BCUT2D eigenvalue weighted by molar-refractivity contribution is 7.99. The summed E-state index contributed by atoms with van der Waals surface area (Å²) in [5.74, 6) is 0.00859. The zero-order valence-electron chi connectivity index (χ0n) is 13.0. The van der Waals surface area contributed by atoms with E-state index < -0.39 is 5.97 Å². The van der Waals surface area contributed by atoms with Crippen LogP contribution in [0.1, 0.15) is 38.5 Å². The smallest absolute Gasteiger partial charge is 0.306 e. The predicted octanol–water partition coefficient (Wildman–Crippen LogP) is 3.97. The van der Waals surface area contributed by atoms with Gasteiger partial charge in [0, 0.05) is 22.4 Å². The number of benzene rings is 1. The number of hydrogen-bond acceptors (Lipinski definition) is 3. The summed E-state index contributed by atoms with van der Waals surface area (Å²) in [4.78, 5) is 24.0. The summed E-state index contributed by atoms with van der Waals surface area (Å²) in [6.07, 6.45) is 4.19. The van der Waals surface area contributed by atoms with Gasteiger partial charge in [-0.05, 0) is 62.1 Å². The van der Waals surface area contributed by atoms with Gasteiger partial charge in [-0.25, -0.2) is 0 Å². The molecule has 1 fully saturated rings. The van der Waals surface area contributed by atoms with Crippen LogP contribution in [0.25, 0.3) is 0 Å². The third-order valence-electron chi connectivity index (χ3n) is 4.07. The lowest BCUT2D eigenvalue weighted by molar-refractivity contribution is -0.142. The van der Waals surface area contributed by atoms with Crippen molar-refractivity contribution in [3.05, 3.63) is 29.3 Å². The maximum Gasteiger partial charge on any atom is 0.306 e. The topological polar surface area (TPSA) is 66.4 Å². The van der Waals surface area contributed by atoms with Crippen molar-refractivity contribution in [2.24, 2.45) is 5.92 Å². The predicted molar refractivity (Wildman–Crippen MR) is 92.9 cm³/mol. The maximum absolute atomic E-state index is 11.9. The van der Waals surface area contributed by atoms with Gasteiger partial charge < -0.3 is 10.4 Å². The Hall–Kier alpha value is -1.20. The number of nitrogens with one attached hydrogen (secondary N) is 1. The van der Waals surface area contributed by atoms with Gasteiger partial charge in [0.15, 0.2) is 0 Å². The van der Waals surface area contributed by atoms with Crippen molar-refractivity contribution >= 4 is 35.2 Å². The number of carbonyl (C=O) groups is 2. The number of carboxylic acid groups (broad SMARTS) is 1. The molecule has 1 aromatic rings. The molecule has 0 aromatic heterocycles. The number of amides is 1. The third kappa shape index (κ3) is 6.43. The Bertz CT molecular complexity index is 527. The number of thioether (sulfide) groups is 1. The molecule has 0 saturated heterocycles. The van der Waals surface area contributed by atoms with Gasteiger partial charge in [-0.1, -0.05) is 11.6 Å². The fraction of sp³-hybridized carbons (Fsp3) is 0.529. The van der Waals surface area contributed by atoms with Crippen LogP contribution in [0.15, 0.2) is 29.2 Å². The van der Waals surface area contributed by atoms with Crippen LogP contribution >= 0.6 is 23.4 Å². The summed E-state index contributed by atoms with van der Waals surface area (Å²) in [5, 5.41) is 12.7. The second kappa shape index (κ2) is 9.18. The molecule has 1 aliphatic rings. The molecule has 0 radical (unpaired) electrons. The molecule has 2 N–H and O–H groups in total. The minimum atomic E-state index is -0.714. The number of hydrogen-bond donors (Lipinski definition) is 2. The number of carbonyl (C=O) groups excluding carboxylic acids is 1. The first-order valence-electron chi connectivity index (χ1n) is 7.95. The van der Waals surface area contributed by atoms with Crippen molar-refractivity contribution in [1.29, 1.82) is 0 Å². The van der Waals surface area contributed by atoms with Gasteiger partial charge >= 0.3 is 5.97 Å². The number of halogens is 1. The number of carboxylic acids is 1. The molecular weight excluding hydrogens is 334 g/mol. The standard InChI is InChI=1S/C17H22ClNO3S/c18-13-5-9-15(10-6-13)23-11-1-2-16(20)19-14-7-3-12(4-8-14)17(21)22/h5-6,9-10,12,14H,1-4,7-8,11H2,(H,19,20)(H,21,22). The van der Waals surface area contributed by atoms with Crippen LogP contribution in [0, 0.1) is 5.92 Å². The fourth-order valence-electron chi connectivity index (χ4n) is 2.74. The number of aliphatic carboxylic acids is 1. The molecule has 1 amide bonds. The third-order valence-corrected chi connectivity index (χ3v) is 5.42. The summed E-state index contributed by atoms with van der Waals surface area (Å²) in [6, 6.07) is 7.83. The molecule has 0 aliphatic heterocycles. The van der Waals surface area contributed by atoms with Gasteiger partial charge in [-0.3, -0.25) is 9.59 Å². The molecule has 2 rings (SSSR count). The molecule has 0 spiro atoms. The highest BCUT2D eigenvalue weighted by Gasteiger charge is 2.26. The molecule has 6 heteroatoms. The summed E-state index contributed by atoms with van der Waals surface area (Å²) in [6.45, 7) is 0. The minimum Gasteiger partial charge on any atom is -0.481 e. The fourth-order valence-corrected chi connectivity index (χ4v) is 3.72. The van der Waals surface area contributed by atoms with Crippen molar-refractivity contribution < 1.29 is 14.7 Å². The molecule has 1 aliphatic carbocycles. The van der Waals surface area contributed by atoms with E-state index >= 15 is 0 Å². The molecular formula is C17H22ClNO3S. The second-order valence-corrected chi connectivity index (χ2v) is 7.46. The number of rotatable bonds is 7. The zero-order chi connectivity index (χ0) is 16.7. The molecule has 0 atom stereocenters. The normalized spacial score (nSPS) is 20.9. The SMILES string of the molecule is O=C(CCCSc1ccc(Cl)cc1)NC1CCC(C(=O)O)CC1. The van der Waals surface area contributed by atoms with E-state index in [9.17, 15) is 9.59 Å². The Kier molecular flexibility index (Phi) is 7.24. The lowest BCUT2D eigenvalue weighted by atomic mass is 9.86. The van der Waals surface area contributed by atoms with Crippen LogP contribution in [0.4, 0.5) is 0 Å². The van der Waals surface area contributed by atoms with Crippen molar-refractivity contribution in [2.45, 2.75) is 49.5 Å². The van der Waals surface area contributed by atoms with E-state index in [-0.39, 0.29) is 17.9 Å². The van der Waals surface area contributed by atoms with Gasteiger partial charge in [0.05, 0.1) is 5.92 Å². The highest BCUT2D eigenvalue weighted by atomic mass is 35.5. The molecule has 126 valence electrons. The van der Waals surface area contributed by atoms with Crippen LogP contribution in [0.2, 0.25) is 5.02 Å². The molecule has 1 saturated carbocycles. The second-order valence-electron chi connectivity index (χ2n) is 5.86. The first-order valence-corrected chi connectivity index (χ1v) is 9.31. The van der Waals surface area contributed by atoms with E-state index in [4.69, 9.17) is 16.7 Å². The minimum absolute atomic E-state index is 0.0699. The van der Waals surface area contributed by atoms with E-state index in [2.05, 4.69) is 5.32 Å². The van der Waals surface area contributed by atoms with E-state index in [1.165, 1.54) is 0 Å². The Balaban J connectivity index is 1.58. The first kappa shape index (κ1) is 18.1. The Morgan fingerprint density at radius 1 is 1.17 bits per heavy atom. The maximum atomic E-state index is 11.9. The van der Waals surface area contributed by atoms with E-state index in [0.717, 1.165) is 34.9 Å². The summed E-state index contributed by atoms with van der Waals surface area (Å²) in [5.41, 5.74) is 0. The highest BCUT2D eigenvalue weighted by Crippen LogP contribution is 2.25. The lowest BCUT2D eigenvalue weighted by Gasteiger charge is -2.26. The Morgan fingerprint density at radius 2 is 1.83 bits per heavy atom. The summed E-state index contributed by atoms with van der Waals surface area (Å²) >= 11 is 7.56. The molecule has 0 heterocycles. The quantitative estimate of drug-likeness (QED) is 0.573. The monoisotopic (exact) mass is 355 g/mol. The lowest BCUT2D eigenvalue weighted by Crippen LogP contribution is -2.38. The average Bonchev–Trinajstić information content (AvgIpc) is 2.54. The van der Waals surface area contributed by atoms with Crippen molar-refractivity contribution in [3.63, 3.8) is 0 Å². The van der Waals surface area contributed by atoms with Gasteiger partial charge in [-0.2, -0.15) is 0 Å². The molecule has 0 unspecified atom stereocenters. The molecule has 1 aromatic carbocycles. The van der Waals surface area contributed by atoms with Gasteiger partial charge in [0.2, 0.25) is 5.91 Å². The molecule has 4 nitrogen and oxygen atoms in total. The summed E-state index contributed by atoms with van der Waals surface area (Å²) < 4.78 is 0. The molecule has 23 heavy (non-hydrogen) atoms. The average molecular weight is 356 g/mol. The van der Waals surface area contributed by atoms with E-state index in [0.29, 0.717) is 19.3 Å². The van der Waals surface area contributed by atoms with E-state index in [1.807, 2.05) is 24.3 Å². The summed E-state index contributed by atoms with van der Waals surface area (Å²) in [7, 11) is 0. The van der Waals surface area contributed by atoms with Crippen molar-refractivity contribution in [3.8, 4) is 0 Å². The molecule has 0 bridgehead atoms. The van der Waals surface area contributed by atoms with Gasteiger partial charge in [0.1, 0.15) is 0 Å². The van der Waals surface area contributed by atoms with E-state index in [1.54, 1.807) is 11.8 Å². The van der Waals surface area contributed by atoms with Crippen LogP contribution in [0.3, 0.4) is 0 Å². The van der Waals surface area contributed by atoms with Crippen molar-refractivity contribution in [1.82, 2.24) is 5.32 Å². The first-order chi connectivity index (χ1) is 11.0. The van der Waals surface area contributed by atoms with Crippen LogP contribution < -0.4 is 5.32 Å². The van der Waals surface area contributed by atoms with Crippen LogP contribution in [-0.2, 0) is 9.59 Å². The largest absolute Gasteiger partial charge is 0.481 e. The zero-order valence-corrected chi connectivity index (χ0v) is 14.5. The Morgan fingerprint density at radius 3 is 2.43 bits per heavy atom. The Labute approximate surface area is 146 Å². The van der Waals surface area contributed by atoms with Gasteiger partial charge in [-0.15, -0.1) is 11.8 Å². The van der Waals surface area contributed by atoms with Crippen LogP contribution in [-0.4, -0.2) is 28.8 Å². The van der Waals surface area contributed by atoms with Gasteiger partial charge in [0.25, 0.3) is 0 Å².